The van der Waals surface area contributed by atoms with Crippen molar-refractivity contribution in [2.45, 2.75) is 25.9 Å². The molecule has 0 unspecified atom stereocenters. The molecule has 28 heavy (non-hydrogen) atoms. The number of hydrogen-bond acceptors (Lipinski definition) is 5. The molecule has 6 nitrogen and oxygen atoms in total. The lowest BCUT2D eigenvalue weighted by Gasteiger charge is -2.23. The molecule has 0 saturated carbocycles. The number of benzene rings is 2. The fraction of sp³-hybridized carbons (Fsp3) is 0.364. The number of nitrogens with zero attached hydrogens (tertiary/aromatic N) is 2. The molecule has 3 rings (SSSR count). The number of nitro groups is 1. The van der Waals surface area contributed by atoms with Crippen LogP contribution in [0.1, 0.15) is 30.4 Å². The minimum atomic E-state index is -0.436. The maximum absolute atomic E-state index is 11.3. The summed E-state index contributed by atoms with van der Waals surface area (Å²) >= 11 is 0. The lowest BCUT2D eigenvalue weighted by atomic mass is 10.1. The highest BCUT2D eigenvalue weighted by molar-refractivity contribution is 5.52. The summed E-state index contributed by atoms with van der Waals surface area (Å²) in [6.07, 6.45) is 3.74. The summed E-state index contributed by atoms with van der Waals surface area (Å²) in [6.45, 7) is 3.13. The Morgan fingerprint density at radius 1 is 1.11 bits per heavy atom. The zero-order valence-corrected chi connectivity index (χ0v) is 16.0. The average Bonchev–Trinajstić information content (AvgIpc) is 2.73. The monoisotopic (exact) mass is 380 g/mol. The third kappa shape index (κ3) is 5.48. The Balaban J connectivity index is 1.69. The van der Waals surface area contributed by atoms with Crippen molar-refractivity contribution in [2.24, 2.45) is 0 Å². The summed E-state index contributed by atoms with van der Waals surface area (Å²) in [6, 6.07) is 12.2. The largest absolute Gasteiger partial charge is 0.497 e. The second-order valence-corrected chi connectivity index (χ2v) is 6.71. The van der Waals surface area contributed by atoms with Gasteiger partial charge in [0.05, 0.1) is 18.6 Å². The molecule has 1 aliphatic heterocycles. The predicted octanol–water partition coefficient (Wildman–Crippen LogP) is 4.02. The zero-order chi connectivity index (χ0) is 19.8. The molecule has 2 aromatic carbocycles. The summed E-state index contributed by atoms with van der Waals surface area (Å²) in [7, 11) is 1.60. The van der Waals surface area contributed by atoms with Gasteiger partial charge in [0.2, 0.25) is 0 Å². The quantitative estimate of drug-likeness (QED) is 0.430. The molecular formula is C22H24N2O4. The van der Waals surface area contributed by atoms with Gasteiger partial charge in [-0.2, -0.15) is 0 Å². The van der Waals surface area contributed by atoms with E-state index in [9.17, 15) is 10.1 Å². The first-order chi connectivity index (χ1) is 13.7. The molecule has 6 heteroatoms. The van der Waals surface area contributed by atoms with E-state index in [0.717, 1.165) is 30.9 Å². The topological polar surface area (TPSA) is 64.8 Å². The standard InChI is InChI=1S/C22H24N2O4/c1-27-20-10-7-19(8-11-20)17-28-22-16-18(9-12-21(22)24(25)26)6-5-15-23-13-3-2-4-14-23/h7-12,16H,2-4,13-15,17H2,1H3. The van der Waals surface area contributed by atoms with Crippen LogP contribution < -0.4 is 9.47 Å². The Bertz CT molecular complexity index is 862. The number of ether oxygens (including phenoxy) is 2. The van der Waals surface area contributed by atoms with Crippen molar-refractivity contribution in [1.29, 1.82) is 0 Å². The van der Waals surface area contributed by atoms with Crippen molar-refractivity contribution in [3.63, 3.8) is 0 Å². The van der Waals surface area contributed by atoms with E-state index < -0.39 is 4.92 Å². The molecule has 0 spiro atoms. The number of methoxy groups -OCH3 is 1. The van der Waals surface area contributed by atoms with Crippen LogP contribution in [0.2, 0.25) is 0 Å². The highest BCUT2D eigenvalue weighted by Crippen LogP contribution is 2.28. The van der Waals surface area contributed by atoms with Crippen LogP contribution in [0.3, 0.4) is 0 Å². The lowest BCUT2D eigenvalue weighted by Crippen LogP contribution is -2.29. The maximum atomic E-state index is 11.3. The molecule has 2 aromatic rings. The van der Waals surface area contributed by atoms with Crippen LogP contribution in [0, 0.1) is 22.0 Å². The fourth-order valence-electron chi connectivity index (χ4n) is 3.11. The summed E-state index contributed by atoms with van der Waals surface area (Å²) in [5.74, 6) is 7.25. The first-order valence-electron chi connectivity index (χ1n) is 9.41. The summed E-state index contributed by atoms with van der Waals surface area (Å²) < 4.78 is 10.9. The molecule has 0 aromatic heterocycles. The Morgan fingerprint density at radius 2 is 1.86 bits per heavy atom. The molecule has 0 N–H and O–H groups in total. The number of hydrogen-bond donors (Lipinski definition) is 0. The van der Waals surface area contributed by atoms with Crippen LogP contribution in [-0.2, 0) is 6.61 Å². The lowest BCUT2D eigenvalue weighted by molar-refractivity contribution is -0.385. The Morgan fingerprint density at radius 3 is 2.54 bits per heavy atom. The average molecular weight is 380 g/mol. The van der Waals surface area contributed by atoms with Crippen LogP contribution >= 0.6 is 0 Å². The third-order valence-corrected chi connectivity index (χ3v) is 4.69. The highest BCUT2D eigenvalue weighted by Gasteiger charge is 2.15. The van der Waals surface area contributed by atoms with Crippen molar-refractivity contribution in [1.82, 2.24) is 4.90 Å². The van der Waals surface area contributed by atoms with Gasteiger partial charge in [-0.1, -0.05) is 30.4 Å². The second-order valence-electron chi connectivity index (χ2n) is 6.71. The van der Waals surface area contributed by atoms with Gasteiger partial charge in [-0.15, -0.1) is 0 Å². The maximum Gasteiger partial charge on any atom is 0.311 e. The van der Waals surface area contributed by atoms with E-state index >= 15 is 0 Å². The Hall–Kier alpha value is -3.04. The molecule has 0 atom stereocenters. The van der Waals surface area contributed by atoms with E-state index in [4.69, 9.17) is 9.47 Å². The van der Waals surface area contributed by atoms with Crippen LogP contribution in [-0.4, -0.2) is 36.6 Å². The van der Waals surface area contributed by atoms with Gasteiger partial charge in [-0.25, -0.2) is 0 Å². The highest BCUT2D eigenvalue weighted by atomic mass is 16.6. The number of rotatable bonds is 6. The van der Waals surface area contributed by atoms with E-state index in [1.165, 1.54) is 25.3 Å². The van der Waals surface area contributed by atoms with E-state index in [1.807, 2.05) is 24.3 Å². The van der Waals surface area contributed by atoms with E-state index in [1.54, 1.807) is 19.2 Å². The molecule has 1 heterocycles. The SMILES string of the molecule is COc1ccc(COc2cc(C#CCN3CCCCC3)ccc2[N+](=O)[O-])cc1. The van der Waals surface area contributed by atoms with Crippen LogP contribution in [0.4, 0.5) is 5.69 Å². The Kier molecular flexibility index (Phi) is 6.88. The van der Waals surface area contributed by atoms with Crippen molar-refractivity contribution in [3.8, 4) is 23.3 Å². The van der Waals surface area contributed by atoms with Gasteiger partial charge in [0, 0.05) is 17.7 Å². The smallest absolute Gasteiger partial charge is 0.311 e. The van der Waals surface area contributed by atoms with Crippen molar-refractivity contribution >= 4 is 5.69 Å². The molecular weight excluding hydrogens is 356 g/mol. The molecule has 1 aliphatic rings. The van der Waals surface area contributed by atoms with Crippen molar-refractivity contribution in [3.05, 3.63) is 63.7 Å². The second kappa shape index (κ2) is 9.77. The summed E-state index contributed by atoms with van der Waals surface area (Å²) in [5, 5.41) is 11.3. The van der Waals surface area contributed by atoms with E-state index in [-0.39, 0.29) is 18.0 Å². The summed E-state index contributed by atoms with van der Waals surface area (Å²) in [5.41, 5.74) is 1.55. The van der Waals surface area contributed by atoms with E-state index in [0.29, 0.717) is 5.56 Å². The van der Waals surface area contributed by atoms with Gasteiger partial charge in [-0.3, -0.25) is 15.0 Å². The molecule has 0 bridgehead atoms. The van der Waals surface area contributed by atoms with Crippen LogP contribution in [0.5, 0.6) is 11.5 Å². The molecule has 0 radical (unpaired) electrons. The Labute approximate surface area is 165 Å². The van der Waals surface area contributed by atoms with Gasteiger partial charge in [0.15, 0.2) is 5.75 Å². The van der Waals surface area contributed by atoms with Crippen molar-refractivity contribution < 1.29 is 14.4 Å². The van der Waals surface area contributed by atoms with Crippen molar-refractivity contribution in [2.75, 3.05) is 26.7 Å². The molecule has 1 saturated heterocycles. The number of nitro benzene ring substituents is 1. The van der Waals surface area contributed by atoms with Gasteiger partial charge in [-0.05, 0) is 49.7 Å². The normalized spacial score (nSPS) is 14.0. The van der Waals surface area contributed by atoms with Crippen LogP contribution in [0.15, 0.2) is 42.5 Å². The van der Waals surface area contributed by atoms with Gasteiger partial charge in [0.1, 0.15) is 12.4 Å². The molecule has 146 valence electrons. The third-order valence-electron chi connectivity index (χ3n) is 4.69. The number of likely N-dealkylation sites (tertiary alicyclic amines) is 1. The summed E-state index contributed by atoms with van der Waals surface area (Å²) in [4.78, 5) is 13.2. The van der Waals surface area contributed by atoms with Gasteiger partial charge >= 0.3 is 5.69 Å². The van der Waals surface area contributed by atoms with Crippen LogP contribution in [0.25, 0.3) is 0 Å². The first kappa shape index (κ1) is 19.7. The zero-order valence-electron chi connectivity index (χ0n) is 16.0. The molecule has 0 aliphatic carbocycles. The minimum Gasteiger partial charge on any atom is -0.497 e. The van der Waals surface area contributed by atoms with E-state index in [2.05, 4.69) is 16.7 Å². The predicted molar refractivity (Wildman–Crippen MR) is 108 cm³/mol. The first-order valence-corrected chi connectivity index (χ1v) is 9.41. The number of piperidine rings is 1. The minimum absolute atomic E-state index is 0.0601. The van der Waals surface area contributed by atoms with Gasteiger partial charge < -0.3 is 9.47 Å². The fourth-order valence-corrected chi connectivity index (χ4v) is 3.11. The molecule has 0 amide bonds. The molecule has 1 fully saturated rings. The van der Waals surface area contributed by atoms with Gasteiger partial charge in [0.25, 0.3) is 0 Å².